The van der Waals surface area contributed by atoms with E-state index >= 15 is 0 Å². The van der Waals surface area contributed by atoms with Crippen molar-refractivity contribution >= 4 is 10.0 Å². The van der Waals surface area contributed by atoms with Crippen LogP contribution in [0, 0.1) is 13.8 Å². The molecule has 6 heteroatoms. The van der Waals surface area contributed by atoms with E-state index in [4.69, 9.17) is 0 Å². The Morgan fingerprint density at radius 1 is 1.19 bits per heavy atom. The van der Waals surface area contributed by atoms with Crippen molar-refractivity contribution in [2.24, 2.45) is 0 Å². The first kappa shape index (κ1) is 16.4. The fraction of sp³-hybridized carbons (Fsp3) is 0.600. The number of β-amino-alcohol motifs (C(OH)–C–C–N with tert-alkyl or cyclic N) is 1. The zero-order valence-corrected chi connectivity index (χ0v) is 13.9. The maximum atomic E-state index is 12.7. The lowest BCUT2D eigenvalue weighted by Gasteiger charge is -2.38. The summed E-state index contributed by atoms with van der Waals surface area (Å²) in [6, 6.07) is 5.33. The Balaban J connectivity index is 2.25. The van der Waals surface area contributed by atoms with E-state index < -0.39 is 16.1 Å². The van der Waals surface area contributed by atoms with Crippen LogP contribution in [0.25, 0.3) is 0 Å². The number of likely N-dealkylation sites (N-methyl/N-ethyl adjacent to an activating group) is 1. The third kappa shape index (κ3) is 3.45. The summed E-state index contributed by atoms with van der Waals surface area (Å²) >= 11 is 0. The number of rotatable bonds is 3. The number of piperidine rings is 1. The van der Waals surface area contributed by atoms with Gasteiger partial charge in [-0.15, -0.1) is 0 Å². The van der Waals surface area contributed by atoms with Gasteiger partial charge in [-0.05, 0) is 57.6 Å². The highest BCUT2D eigenvalue weighted by atomic mass is 32.2. The molecule has 1 aromatic carbocycles. The van der Waals surface area contributed by atoms with Gasteiger partial charge in [0.1, 0.15) is 0 Å². The number of sulfonamides is 1. The third-order valence-electron chi connectivity index (χ3n) is 4.01. The lowest BCUT2D eigenvalue weighted by Crippen LogP contribution is -2.53. The van der Waals surface area contributed by atoms with Crippen LogP contribution in [0.1, 0.15) is 17.5 Å². The van der Waals surface area contributed by atoms with Gasteiger partial charge in [-0.2, -0.15) is 4.31 Å². The number of aliphatic hydroxyl groups excluding tert-OH is 1. The van der Waals surface area contributed by atoms with Crippen molar-refractivity contribution in [1.29, 1.82) is 0 Å². The minimum absolute atomic E-state index is 0.00990. The Morgan fingerprint density at radius 2 is 1.76 bits per heavy atom. The standard InChI is InChI=1S/C15H24N2O3S/c1-11-7-12(2)9-13(8-11)21(19,20)17-6-5-14(16(3)4)15(18)10-17/h7-9,14-15,18H,5-6,10H2,1-4H3/t14-,15-/m0/s1. The minimum atomic E-state index is -3.53. The molecule has 2 atom stereocenters. The molecule has 0 aliphatic carbocycles. The molecule has 0 amide bonds. The molecule has 1 fully saturated rings. The second kappa shape index (κ2) is 6.04. The van der Waals surface area contributed by atoms with E-state index in [1.165, 1.54) is 4.31 Å². The van der Waals surface area contributed by atoms with Gasteiger partial charge in [0.15, 0.2) is 0 Å². The summed E-state index contributed by atoms with van der Waals surface area (Å²) in [4.78, 5) is 2.27. The summed E-state index contributed by atoms with van der Waals surface area (Å²) in [6.07, 6.45) is -0.0208. The first-order valence-corrected chi connectivity index (χ1v) is 8.59. The maximum absolute atomic E-state index is 12.7. The summed E-state index contributed by atoms with van der Waals surface area (Å²) in [7, 11) is 0.275. The summed E-state index contributed by atoms with van der Waals surface area (Å²) < 4.78 is 26.8. The normalized spacial score (nSPS) is 24.5. The van der Waals surface area contributed by atoms with Crippen LogP contribution in [0.2, 0.25) is 0 Å². The van der Waals surface area contributed by atoms with E-state index in [9.17, 15) is 13.5 Å². The zero-order valence-electron chi connectivity index (χ0n) is 13.1. The average molecular weight is 312 g/mol. The van der Waals surface area contributed by atoms with Crippen LogP contribution < -0.4 is 0 Å². The fourth-order valence-electron chi connectivity index (χ4n) is 2.94. The molecule has 0 saturated carbocycles. The average Bonchev–Trinajstić information content (AvgIpc) is 2.36. The Labute approximate surface area is 127 Å². The Bertz CT molecular complexity index is 593. The monoisotopic (exact) mass is 312 g/mol. The molecule has 1 aromatic rings. The van der Waals surface area contributed by atoms with Crippen molar-refractivity contribution in [3.8, 4) is 0 Å². The summed E-state index contributed by atoms with van der Waals surface area (Å²) in [5.74, 6) is 0. The van der Waals surface area contributed by atoms with E-state index in [-0.39, 0.29) is 12.6 Å². The Morgan fingerprint density at radius 3 is 2.24 bits per heavy atom. The van der Waals surface area contributed by atoms with E-state index in [1.54, 1.807) is 12.1 Å². The molecule has 1 aliphatic heterocycles. The van der Waals surface area contributed by atoms with Crippen LogP contribution in [0.5, 0.6) is 0 Å². The molecule has 118 valence electrons. The van der Waals surface area contributed by atoms with Gasteiger partial charge in [0, 0.05) is 19.1 Å². The second-order valence-corrected chi connectivity index (χ2v) is 8.01. The van der Waals surface area contributed by atoms with Crippen molar-refractivity contribution in [2.75, 3.05) is 27.2 Å². The van der Waals surface area contributed by atoms with Crippen LogP contribution >= 0.6 is 0 Å². The van der Waals surface area contributed by atoms with Crippen LogP contribution in [0.3, 0.4) is 0 Å². The molecule has 1 N–H and O–H groups in total. The quantitative estimate of drug-likeness (QED) is 0.904. The van der Waals surface area contributed by atoms with Crippen LogP contribution in [0.4, 0.5) is 0 Å². The van der Waals surface area contributed by atoms with E-state index in [2.05, 4.69) is 0 Å². The maximum Gasteiger partial charge on any atom is 0.243 e. The van der Waals surface area contributed by atoms with Crippen molar-refractivity contribution in [3.05, 3.63) is 29.3 Å². The smallest absolute Gasteiger partial charge is 0.243 e. The van der Waals surface area contributed by atoms with Crippen LogP contribution in [0.15, 0.2) is 23.1 Å². The van der Waals surface area contributed by atoms with Gasteiger partial charge in [0.05, 0.1) is 11.0 Å². The topological polar surface area (TPSA) is 60.9 Å². The summed E-state index contributed by atoms with van der Waals surface area (Å²) in [5.41, 5.74) is 1.86. The predicted octanol–water partition coefficient (Wildman–Crippen LogP) is 0.989. The number of aliphatic hydroxyl groups is 1. The largest absolute Gasteiger partial charge is 0.390 e. The molecular weight excluding hydrogens is 288 g/mol. The molecule has 0 spiro atoms. The summed E-state index contributed by atoms with van der Waals surface area (Å²) in [5, 5.41) is 10.2. The molecular formula is C15H24N2O3S. The third-order valence-corrected chi connectivity index (χ3v) is 5.85. The van der Waals surface area contributed by atoms with Gasteiger partial charge in [-0.1, -0.05) is 6.07 Å². The Kier molecular flexibility index (Phi) is 4.72. The molecule has 0 unspecified atom stereocenters. The number of hydrogen-bond donors (Lipinski definition) is 1. The Hall–Kier alpha value is -0.950. The van der Waals surface area contributed by atoms with Crippen LogP contribution in [-0.4, -0.2) is 62.1 Å². The highest BCUT2D eigenvalue weighted by Crippen LogP contribution is 2.24. The molecule has 1 aliphatic rings. The first-order valence-electron chi connectivity index (χ1n) is 7.15. The SMILES string of the molecule is Cc1cc(C)cc(S(=O)(=O)N2CC[C@H](N(C)C)[C@@H](O)C2)c1. The van der Waals surface area contributed by atoms with Gasteiger partial charge in [-0.25, -0.2) is 8.42 Å². The van der Waals surface area contributed by atoms with Gasteiger partial charge in [-0.3, -0.25) is 0 Å². The van der Waals surface area contributed by atoms with E-state index in [1.807, 2.05) is 38.9 Å². The first-order chi connectivity index (χ1) is 9.71. The molecule has 1 heterocycles. The van der Waals surface area contributed by atoms with Crippen molar-refractivity contribution in [3.63, 3.8) is 0 Å². The number of hydrogen-bond acceptors (Lipinski definition) is 4. The van der Waals surface area contributed by atoms with E-state index in [0.29, 0.717) is 17.9 Å². The zero-order chi connectivity index (χ0) is 15.8. The van der Waals surface area contributed by atoms with Gasteiger partial charge >= 0.3 is 0 Å². The number of benzene rings is 1. The molecule has 5 nitrogen and oxygen atoms in total. The molecule has 2 rings (SSSR count). The van der Waals surface area contributed by atoms with Crippen molar-refractivity contribution in [2.45, 2.75) is 37.3 Å². The van der Waals surface area contributed by atoms with E-state index in [0.717, 1.165) is 11.1 Å². The highest BCUT2D eigenvalue weighted by molar-refractivity contribution is 7.89. The van der Waals surface area contributed by atoms with Crippen molar-refractivity contribution in [1.82, 2.24) is 9.21 Å². The second-order valence-electron chi connectivity index (χ2n) is 6.07. The van der Waals surface area contributed by atoms with Gasteiger partial charge in [0.25, 0.3) is 0 Å². The summed E-state index contributed by atoms with van der Waals surface area (Å²) in [6.45, 7) is 4.37. The van der Waals surface area contributed by atoms with Gasteiger partial charge < -0.3 is 10.0 Å². The molecule has 1 saturated heterocycles. The molecule has 0 aromatic heterocycles. The predicted molar refractivity (Wildman–Crippen MR) is 82.8 cm³/mol. The molecule has 0 radical (unpaired) electrons. The fourth-order valence-corrected chi connectivity index (χ4v) is 4.60. The number of nitrogens with zero attached hydrogens (tertiary/aromatic N) is 2. The molecule has 21 heavy (non-hydrogen) atoms. The minimum Gasteiger partial charge on any atom is -0.390 e. The lowest BCUT2D eigenvalue weighted by molar-refractivity contribution is 0.0291. The molecule has 0 bridgehead atoms. The van der Waals surface area contributed by atoms with Gasteiger partial charge in [0.2, 0.25) is 10.0 Å². The van der Waals surface area contributed by atoms with Crippen molar-refractivity contribution < 1.29 is 13.5 Å². The van der Waals surface area contributed by atoms with Crippen LogP contribution in [-0.2, 0) is 10.0 Å². The highest BCUT2D eigenvalue weighted by Gasteiger charge is 2.35. The number of aryl methyl sites for hydroxylation is 2. The lowest BCUT2D eigenvalue weighted by atomic mass is 10.0.